The third kappa shape index (κ3) is 4.02. The van der Waals surface area contributed by atoms with Crippen LogP contribution in [-0.2, 0) is 11.8 Å². The van der Waals surface area contributed by atoms with Crippen molar-refractivity contribution in [3.05, 3.63) is 60.3 Å². The Balaban J connectivity index is 1.26. The zero-order chi connectivity index (χ0) is 19.3. The second-order valence-corrected chi connectivity index (χ2v) is 7.01. The van der Waals surface area contributed by atoms with Crippen LogP contribution in [0, 0.1) is 0 Å². The van der Waals surface area contributed by atoms with Crippen LogP contribution in [0.3, 0.4) is 0 Å². The van der Waals surface area contributed by atoms with Crippen molar-refractivity contribution < 1.29 is 14.3 Å². The molecule has 0 saturated carbocycles. The van der Waals surface area contributed by atoms with Gasteiger partial charge in [0.25, 0.3) is 5.91 Å². The molecule has 0 aliphatic carbocycles. The summed E-state index contributed by atoms with van der Waals surface area (Å²) in [4.78, 5) is 14.8. The highest BCUT2D eigenvalue weighted by atomic mass is 16.5. The van der Waals surface area contributed by atoms with Gasteiger partial charge in [-0.1, -0.05) is 36.4 Å². The van der Waals surface area contributed by atoms with Crippen LogP contribution in [0.5, 0.6) is 5.75 Å². The summed E-state index contributed by atoms with van der Waals surface area (Å²) in [6.45, 7) is 2.46. The summed E-state index contributed by atoms with van der Waals surface area (Å²) in [5.74, 6) is 0.858. The van der Waals surface area contributed by atoms with Crippen LogP contribution < -0.4 is 4.74 Å². The summed E-state index contributed by atoms with van der Waals surface area (Å²) >= 11 is 0. The van der Waals surface area contributed by atoms with E-state index in [2.05, 4.69) is 5.10 Å². The van der Waals surface area contributed by atoms with E-state index in [9.17, 15) is 4.79 Å². The number of nitrogens with zero attached hydrogens (tertiary/aromatic N) is 3. The molecule has 0 atom stereocenters. The number of para-hydroxylation sites is 2. The normalized spacial score (nSPS) is 15.1. The molecule has 146 valence electrons. The predicted molar refractivity (Wildman–Crippen MR) is 108 cm³/mol. The molecule has 0 unspecified atom stereocenters. The third-order valence-corrected chi connectivity index (χ3v) is 5.14. The molecule has 0 spiro atoms. The van der Waals surface area contributed by atoms with Gasteiger partial charge in [-0.05, 0) is 31.0 Å². The van der Waals surface area contributed by atoms with Gasteiger partial charge < -0.3 is 14.4 Å². The Morgan fingerprint density at radius 1 is 1.04 bits per heavy atom. The quantitative estimate of drug-likeness (QED) is 0.617. The number of aromatic nitrogens is 2. The molecule has 1 aromatic heterocycles. The molecule has 1 aliphatic rings. The fourth-order valence-corrected chi connectivity index (χ4v) is 3.64. The number of piperidine rings is 1. The van der Waals surface area contributed by atoms with Crippen LogP contribution in [-0.4, -0.2) is 53.0 Å². The minimum atomic E-state index is 0.00246. The molecule has 1 fully saturated rings. The molecule has 4 rings (SSSR count). The van der Waals surface area contributed by atoms with Crippen LogP contribution in [0.15, 0.2) is 54.6 Å². The van der Waals surface area contributed by atoms with E-state index in [0.29, 0.717) is 32.0 Å². The third-order valence-electron chi connectivity index (χ3n) is 5.14. The Labute approximate surface area is 164 Å². The number of likely N-dealkylation sites (tertiary alicyclic amines) is 1. The summed E-state index contributed by atoms with van der Waals surface area (Å²) in [5, 5.41) is 5.36. The van der Waals surface area contributed by atoms with E-state index in [4.69, 9.17) is 9.47 Å². The fourth-order valence-electron chi connectivity index (χ4n) is 3.64. The minimum Gasteiger partial charge on any atom is -0.491 e. The van der Waals surface area contributed by atoms with Crippen molar-refractivity contribution >= 4 is 16.8 Å². The van der Waals surface area contributed by atoms with E-state index in [-0.39, 0.29) is 12.0 Å². The number of aryl methyl sites for hydroxylation is 1. The van der Waals surface area contributed by atoms with Gasteiger partial charge in [0, 0.05) is 25.5 Å². The first-order chi connectivity index (χ1) is 13.7. The van der Waals surface area contributed by atoms with Gasteiger partial charge in [-0.2, -0.15) is 5.10 Å². The molecular weight excluding hydrogens is 354 g/mol. The van der Waals surface area contributed by atoms with Crippen LogP contribution in [0.4, 0.5) is 0 Å². The smallest absolute Gasteiger partial charge is 0.275 e. The number of carbonyl (C=O) groups is 1. The first-order valence-corrected chi connectivity index (χ1v) is 9.73. The maximum Gasteiger partial charge on any atom is 0.275 e. The van der Waals surface area contributed by atoms with E-state index in [1.54, 1.807) is 4.68 Å². The number of carbonyl (C=O) groups excluding carboxylic acids is 1. The van der Waals surface area contributed by atoms with Gasteiger partial charge in [0.1, 0.15) is 12.4 Å². The summed E-state index contributed by atoms with van der Waals surface area (Å²) in [6.07, 6.45) is 1.84. The van der Waals surface area contributed by atoms with Crippen molar-refractivity contribution in [3.8, 4) is 5.75 Å². The molecule has 6 heteroatoms. The molecule has 2 heterocycles. The first-order valence-electron chi connectivity index (χ1n) is 9.73. The number of rotatable bonds is 6. The van der Waals surface area contributed by atoms with Crippen LogP contribution in [0.2, 0.25) is 0 Å². The van der Waals surface area contributed by atoms with Crippen LogP contribution >= 0.6 is 0 Å². The molecule has 2 aromatic carbocycles. The first kappa shape index (κ1) is 18.5. The average Bonchev–Trinajstić information content (AvgIpc) is 3.09. The van der Waals surface area contributed by atoms with Gasteiger partial charge in [0.15, 0.2) is 5.69 Å². The van der Waals surface area contributed by atoms with Crippen molar-refractivity contribution in [2.75, 3.05) is 26.3 Å². The molecule has 0 bridgehead atoms. The van der Waals surface area contributed by atoms with Crippen molar-refractivity contribution in [1.82, 2.24) is 14.7 Å². The van der Waals surface area contributed by atoms with Gasteiger partial charge in [-0.3, -0.25) is 9.48 Å². The van der Waals surface area contributed by atoms with Gasteiger partial charge in [-0.15, -0.1) is 0 Å². The Kier molecular flexibility index (Phi) is 5.58. The summed E-state index contributed by atoms with van der Waals surface area (Å²) in [6, 6.07) is 17.6. The highest BCUT2D eigenvalue weighted by Crippen LogP contribution is 2.21. The molecule has 0 N–H and O–H groups in total. The number of benzene rings is 2. The molecule has 0 radical (unpaired) electrons. The monoisotopic (exact) mass is 379 g/mol. The van der Waals surface area contributed by atoms with E-state index < -0.39 is 0 Å². The van der Waals surface area contributed by atoms with Crippen molar-refractivity contribution in [2.45, 2.75) is 18.9 Å². The number of amides is 1. The van der Waals surface area contributed by atoms with Crippen molar-refractivity contribution in [3.63, 3.8) is 0 Å². The standard InChI is InChI=1S/C22H25N3O3/c1-24-20-10-6-5-9-19(20)21(23-24)22(26)25-13-11-18(12-14-25)28-16-15-27-17-7-3-2-4-8-17/h2-10,18H,11-16H2,1H3. The highest BCUT2D eigenvalue weighted by Gasteiger charge is 2.27. The minimum absolute atomic E-state index is 0.00246. The zero-order valence-corrected chi connectivity index (χ0v) is 16.1. The van der Waals surface area contributed by atoms with Gasteiger partial charge in [0.2, 0.25) is 0 Å². The molecular formula is C22H25N3O3. The van der Waals surface area contributed by atoms with Crippen molar-refractivity contribution in [1.29, 1.82) is 0 Å². The topological polar surface area (TPSA) is 56.6 Å². The maximum absolute atomic E-state index is 12.9. The Morgan fingerprint density at radius 2 is 1.75 bits per heavy atom. The zero-order valence-electron chi connectivity index (χ0n) is 16.1. The SMILES string of the molecule is Cn1nc(C(=O)N2CCC(OCCOc3ccccc3)CC2)c2ccccc21. The summed E-state index contributed by atoms with van der Waals surface area (Å²) in [7, 11) is 1.87. The van der Waals surface area contributed by atoms with E-state index in [1.807, 2.05) is 66.5 Å². The Morgan fingerprint density at radius 3 is 2.54 bits per heavy atom. The molecule has 1 amide bonds. The summed E-state index contributed by atoms with van der Waals surface area (Å²) < 4.78 is 13.4. The molecule has 1 saturated heterocycles. The van der Waals surface area contributed by atoms with E-state index in [0.717, 1.165) is 29.5 Å². The largest absolute Gasteiger partial charge is 0.491 e. The van der Waals surface area contributed by atoms with E-state index >= 15 is 0 Å². The second kappa shape index (κ2) is 8.44. The predicted octanol–water partition coefficient (Wildman–Crippen LogP) is 3.27. The van der Waals surface area contributed by atoms with Gasteiger partial charge >= 0.3 is 0 Å². The lowest BCUT2D eigenvalue weighted by Crippen LogP contribution is -2.41. The maximum atomic E-state index is 12.9. The second-order valence-electron chi connectivity index (χ2n) is 7.01. The molecule has 6 nitrogen and oxygen atoms in total. The van der Waals surface area contributed by atoms with Crippen molar-refractivity contribution in [2.24, 2.45) is 7.05 Å². The lowest BCUT2D eigenvalue weighted by molar-refractivity contribution is -0.00247. The number of hydrogen-bond donors (Lipinski definition) is 0. The number of fused-ring (bicyclic) bond motifs is 1. The Hall–Kier alpha value is -2.86. The lowest BCUT2D eigenvalue weighted by atomic mass is 10.1. The van der Waals surface area contributed by atoms with Gasteiger partial charge in [0.05, 0.1) is 18.2 Å². The van der Waals surface area contributed by atoms with Gasteiger partial charge in [-0.25, -0.2) is 0 Å². The summed E-state index contributed by atoms with van der Waals surface area (Å²) in [5.41, 5.74) is 1.51. The van der Waals surface area contributed by atoms with E-state index in [1.165, 1.54) is 0 Å². The average molecular weight is 379 g/mol. The van der Waals surface area contributed by atoms with Crippen LogP contribution in [0.1, 0.15) is 23.3 Å². The fraction of sp³-hybridized carbons (Fsp3) is 0.364. The molecule has 1 aliphatic heterocycles. The lowest BCUT2D eigenvalue weighted by Gasteiger charge is -2.31. The van der Waals surface area contributed by atoms with Crippen LogP contribution in [0.25, 0.3) is 10.9 Å². The Bertz CT molecular complexity index is 931. The number of ether oxygens (including phenoxy) is 2. The number of hydrogen-bond acceptors (Lipinski definition) is 4. The molecule has 3 aromatic rings. The molecule has 28 heavy (non-hydrogen) atoms. The highest BCUT2D eigenvalue weighted by molar-refractivity contribution is 6.04.